The van der Waals surface area contributed by atoms with Gasteiger partial charge in [-0.15, -0.1) is 0 Å². The van der Waals surface area contributed by atoms with Crippen LogP contribution in [0, 0.1) is 0 Å². The van der Waals surface area contributed by atoms with Gasteiger partial charge in [-0.1, -0.05) is 0 Å². The summed E-state index contributed by atoms with van der Waals surface area (Å²) in [5.74, 6) is -0.00694. The van der Waals surface area contributed by atoms with Gasteiger partial charge < -0.3 is 8.94 Å². The zero-order valence-corrected chi connectivity index (χ0v) is 6.10. The molecule has 0 aromatic carbocycles. The Bertz CT molecular complexity index is 279. The van der Waals surface area contributed by atoms with Crippen molar-refractivity contribution in [2.75, 3.05) is 0 Å². The highest BCUT2D eigenvalue weighted by Gasteiger charge is 1.95. The molecule has 1 aromatic heterocycles. The summed E-state index contributed by atoms with van der Waals surface area (Å²) in [5, 5.41) is 0. The van der Waals surface area contributed by atoms with Gasteiger partial charge in [0.15, 0.2) is 0 Å². The average Bonchev–Trinajstić information content (AvgIpc) is 1.94. The fraction of sp³-hybridized carbons (Fsp3) is 0. The van der Waals surface area contributed by atoms with Crippen molar-refractivity contribution >= 4 is 8.69 Å². The summed E-state index contributed by atoms with van der Waals surface area (Å²) in [7, 11) is -1.40. The lowest BCUT2D eigenvalue weighted by Gasteiger charge is -1.91. The maximum Gasteiger partial charge on any atom is 0.227 e. The van der Waals surface area contributed by atoms with E-state index >= 15 is 0 Å². The Morgan fingerprint density at radius 2 is 2.40 bits per heavy atom. The first-order valence-corrected chi connectivity index (χ1v) is 3.45. The molecule has 0 aliphatic carbocycles. The largest absolute Gasteiger partial charge is 0.468 e. The van der Waals surface area contributed by atoms with Crippen molar-refractivity contribution in [3.8, 4) is 5.75 Å². The standard InChI is InChI=1S/C5H5O4P/c6-4-1-2-8-3-5(4)9-10-7/h1-3H,10H2. The quantitative estimate of drug-likeness (QED) is 0.597. The van der Waals surface area contributed by atoms with E-state index in [0.29, 0.717) is 0 Å². The van der Waals surface area contributed by atoms with E-state index in [1.165, 1.54) is 12.3 Å². The Morgan fingerprint density at radius 1 is 1.60 bits per heavy atom. The Kier molecular flexibility index (Phi) is 2.29. The third-order valence-electron chi connectivity index (χ3n) is 0.891. The smallest absolute Gasteiger partial charge is 0.227 e. The van der Waals surface area contributed by atoms with Gasteiger partial charge in [0.2, 0.25) is 19.9 Å². The second-order valence-corrected chi connectivity index (χ2v) is 1.93. The maximum absolute atomic E-state index is 10.7. The molecule has 0 fully saturated rings. The second-order valence-electron chi connectivity index (χ2n) is 1.50. The van der Waals surface area contributed by atoms with Gasteiger partial charge in [0.05, 0.1) is 6.26 Å². The molecule has 1 rings (SSSR count). The predicted octanol–water partition coefficient (Wildman–Crippen LogP) is 0.690. The van der Waals surface area contributed by atoms with Crippen molar-refractivity contribution in [3.05, 3.63) is 28.8 Å². The van der Waals surface area contributed by atoms with E-state index in [0.717, 1.165) is 6.26 Å². The first kappa shape index (κ1) is 7.09. The summed E-state index contributed by atoms with van der Waals surface area (Å²) in [5.41, 5.74) is -0.324. The molecule has 1 heterocycles. The van der Waals surface area contributed by atoms with Crippen LogP contribution in [0.3, 0.4) is 0 Å². The third kappa shape index (κ3) is 1.48. The van der Waals surface area contributed by atoms with Crippen LogP contribution >= 0.6 is 8.69 Å². The van der Waals surface area contributed by atoms with Crippen LogP contribution in [0.2, 0.25) is 0 Å². The predicted molar refractivity (Wildman–Crippen MR) is 36.0 cm³/mol. The van der Waals surface area contributed by atoms with Crippen LogP contribution < -0.4 is 9.95 Å². The van der Waals surface area contributed by atoms with Crippen LogP contribution in [-0.2, 0) is 4.57 Å². The minimum absolute atomic E-state index is 0.00694. The van der Waals surface area contributed by atoms with E-state index in [4.69, 9.17) is 0 Å². The molecule has 0 aliphatic rings. The van der Waals surface area contributed by atoms with Crippen LogP contribution in [-0.4, -0.2) is 0 Å². The number of rotatable bonds is 2. The van der Waals surface area contributed by atoms with Gasteiger partial charge in [0, 0.05) is 6.07 Å². The molecule has 0 spiro atoms. The molecule has 0 N–H and O–H groups in total. The number of hydrogen-bond donors (Lipinski definition) is 0. The molecule has 0 bridgehead atoms. The first-order chi connectivity index (χ1) is 4.84. The Morgan fingerprint density at radius 3 is 3.00 bits per heavy atom. The van der Waals surface area contributed by atoms with E-state index < -0.39 is 8.69 Å². The van der Waals surface area contributed by atoms with Crippen LogP contribution in [0.1, 0.15) is 0 Å². The fourth-order valence-electron chi connectivity index (χ4n) is 0.480. The molecule has 10 heavy (non-hydrogen) atoms. The van der Waals surface area contributed by atoms with Gasteiger partial charge in [-0.2, -0.15) is 0 Å². The van der Waals surface area contributed by atoms with Gasteiger partial charge >= 0.3 is 0 Å². The summed E-state index contributed by atoms with van der Waals surface area (Å²) in [6.45, 7) is 0. The highest BCUT2D eigenvalue weighted by molar-refractivity contribution is 7.17. The highest BCUT2D eigenvalue weighted by Crippen LogP contribution is 2.06. The zero-order chi connectivity index (χ0) is 7.40. The Labute approximate surface area is 57.7 Å². The van der Waals surface area contributed by atoms with E-state index in [1.807, 2.05) is 0 Å². The second kappa shape index (κ2) is 3.22. The minimum Gasteiger partial charge on any atom is -0.468 e. The van der Waals surface area contributed by atoms with Crippen LogP contribution in [0.15, 0.2) is 27.8 Å². The van der Waals surface area contributed by atoms with Gasteiger partial charge in [0.1, 0.15) is 6.26 Å². The molecule has 0 aliphatic heterocycles. The van der Waals surface area contributed by atoms with E-state index in [-0.39, 0.29) is 11.2 Å². The van der Waals surface area contributed by atoms with Gasteiger partial charge in [-0.05, 0) is 0 Å². The first-order valence-electron chi connectivity index (χ1n) is 2.51. The molecule has 5 heteroatoms. The van der Waals surface area contributed by atoms with Gasteiger partial charge in [-0.3, -0.25) is 9.36 Å². The molecule has 4 nitrogen and oxygen atoms in total. The Balaban J connectivity index is 3.03. The molecule has 1 aromatic rings. The molecule has 54 valence electrons. The molecular formula is C5H5O4P. The van der Waals surface area contributed by atoms with Crippen molar-refractivity contribution < 1.29 is 13.5 Å². The lowest BCUT2D eigenvalue weighted by molar-refractivity contribution is 0.483. The summed E-state index contributed by atoms with van der Waals surface area (Å²) in [4.78, 5) is 10.7. The third-order valence-corrected chi connectivity index (χ3v) is 1.24. The van der Waals surface area contributed by atoms with Gasteiger partial charge in [-0.25, -0.2) is 0 Å². The number of hydrogen-bond acceptors (Lipinski definition) is 4. The van der Waals surface area contributed by atoms with Crippen molar-refractivity contribution in [2.45, 2.75) is 0 Å². The van der Waals surface area contributed by atoms with Crippen LogP contribution in [0.25, 0.3) is 0 Å². The lowest BCUT2D eigenvalue weighted by atomic mass is 10.5. The van der Waals surface area contributed by atoms with E-state index in [1.54, 1.807) is 0 Å². The summed E-state index contributed by atoms with van der Waals surface area (Å²) < 4.78 is 19.0. The van der Waals surface area contributed by atoms with Crippen molar-refractivity contribution in [2.24, 2.45) is 0 Å². The monoisotopic (exact) mass is 160 g/mol. The molecule has 0 radical (unpaired) electrons. The summed E-state index contributed by atoms with van der Waals surface area (Å²) in [6, 6.07) is 1.20. The summed E-state index contributed by atoms with van der Waals surface area (Å²) in [6.07, 6.45) is 2.35. The SMILES string of the molecule is O=[PH2]Oc1coccc1=O. The van der Waals surface area contributed by atoms with E-state index in [9.17, 15) is 9.36 Å². The molecule has 0 saturated heterocycles. The fourth-order valence-corrected chi connectivity index (χ4v) is 0.755. The molecule has 1 atom stereocenters. The van der Waals surface area contributed by atoms with Gasteiger partial charge in [0.25, 0.3) is 0 Å². The lowest BCUT2D eigenvalue weighted by Crippen LogP contribution is -1.98. The molecule has 1 unspecified atom stereocenters. The topological polar surface area (TPSA) is 56.5 Å². The van der Waals surface area contributed by atoms with Crippen LogP contribution in [0.5, 0.6) is 5.75 Å². The van der Waals surface area contributed by atoms with Crippen molar-refractivity contribution in [3.63, 3.8) is 0 Å². The summed E-state index contributed by atoms with van der Waals surface area (Å²) >= 11 is 0. The zero-order valence-electron chi connectivity index (χ0n) is 4.94. The Hall–Kier alpha value is -1.02. The minimum atomic E-state index is -1.40. The van der Waals surface area contributed by atoms with E-state index in [2.05, 4.69) is 8.94 Å². The molecular weight excluding hydrogens is 155 g/mol. The average molecular weight is 160 g/mol. The van der Waals surface area contributed by atoms with Crippen LogP contribution in [0.4, 0.5) is 0 Å². The van der Waals surface area contributed by atoms with Crippen molar-refractivity contribution in [1.29, 1.82) is 0 Å². The molecule has 0 amide bonds. The molecule has 0 saturated carbocycles. The highest BCUT2D eigenvalue weighted by atomic mass is 31.1. The normalized spacial score (nSPS) is 10.4. The maximum atomic E-state index is 10.7. The van der Waals surface area contributed by atoms with Crippen molar-refractivity contribution in [1.82, 2.24) is 0 Å².